The molecule has 0 bridgehead atoms. The molecule has 10 nitrogen and oxygen atoms in total. The number of nitrogens with two attached hydrogens (primary N) is 1. The molecule has 27 heavy (non-hydrogen) atoms. The Hall–Kier alpha value is -1.66. The van der Waals surface area contributed by atoms with Gasteiger partial charge in [-0.1, -0.05) is 39.8 Å². The molecule has 0 rings (SSSR count). The third-order valence-electron chi connectivity index (χ3n) is 1.54. The molecule has 0 aromatic carbocycles. The van der Waals surface area contributed by atoms with E-state index in [-0.39, 0.29) is 60.0 Å². The fraction of sp³-hybridized carbons (Fsp3) is 0.688. The standard InChI is InChI=1S/C6H10O3.C3H7NO2.C3H6O3.C3H8.CH4.H3N.H2S.H2/c1-9-6(8)4-2-3-5-7;2*1-6-3(5)2-4;1-3-2;;;;/h2-3,7H,4-5H2,1H3;2,4H2,1H3;4H,2H2,1H3;3H2,1-2H3;1H4;1H3;1H2;1H. The zero-order valence-corrected chi connectivity index (χ0v) is 17.3. The summed E-state index contributed by atoms with van der Waals surface area (Å²) in [5, 5.41) is 16.1. The van der Waals surface area contributed by atoms with E-state index in [1.54, 1.807) is 6.08 Å². The summed E-state index contributed by atoms with van der Waals surface area (Å²) in [6.45, 7) is 3.66. The van der Waals surface area contributed by atoms with Gasteiger partial charge in [0.25, 0.3) is 0 Å². The van der Waals surface area contributed by atoms with Crippen LogP contribution in [0, 0.1) is 0 Å². The van der Waals surface area contributed by atoms with Crippen LogP contribution in [0.2, 0.25) is 0 Å². The van der Waals surface area contributed by atoms with E-state index >= 15 is 0 Å². The number of ether oxygens (including phenoxy) is 3. The third-order valence-corrected chi connectivity index (χ3v) is 1.54. The molecule has 0 saturated heterocycles. The number of hydrogen-bond donors (Lipinski definition) is 4. The van der Waals surface area contributed by atoms with Crippen molar-refractivity contribution in [3.05, 3.63) is 12.2 Å². The van der Waals surface area contributed by atoms with Gasteiger partial charge in [-0.25, -0.2) is 4.79 Å². The van der Waals surface area contributed by atoms with Crippen LogP contribution < -0.4 is 11.9 Å². The summed E-state index contributed by atoms with van der Waals surface area (Å²) in [5.74, 6) is -1.27. The Bertz CT molecular complexity index is 308. The number of aliphatic hydroxyl groups is 2. The van der Waals surface area contributed by atoms with Crippen molar-refractivity contribution < 1.29 is 40.2 Å². The van der Waals surface area contributed by atoms with Gasteiger partial charge in [0.1, 0.15) is 6.61 Å². The molecule has 0 saturated carbocycles. The molecule has 0 heterocycles. The predicted molar refractivity (Wildman–Crippen MR) is 113 cm³/mol. The second-order valence-electron chi connectivity index (χ2n) is 3.66. The Morgan fingerprint density at radius 1 is 0.926 bits per heavy atom. The van der Waals surface area contributed by atoms with E-state index in [9.17, 15) is 14.4 Å². The first-order valence-electron chi connectivity index (χ1n) is 7.11. The summed E-state index contributed by atoms with van der Waals surface area (Å²) in [4.78, 5) is 29.9. The van der Waals surface area contributed by atoms with Crippen LogP contribution in [0.1, 0.15) is 35.5 Å². The lowest BCUT2D eigenvalue weighted by molar-refractivity contribution is -0.144. The Labute approximate surface area is 171 Å². The zero-order valence-electron chi connectivity index (χ0n) is 16.3. The van der Waals surface area contributed by atoms with E-state index in [0.717, 1.165) is 0 Å². The van der Waals surface area contributed by atoms with Crippen LogP contribution in [0.5, 0.6) is 0 Å². The summed E-state index contributed by atoms with van der Waals surface area (Å²) in [6, 6.07) is 0. The first kappa shape index (κ1) is 44.6. The highest BCUT2D eigenvalue weighted by Gasteiger charge is 1.91. The van der Waals surface area contributed by atoms with Crippen molar-refractivity contribution in [2.24, 2.45) is 5.73 Å². The Morgan fingerprint density at radius 2 is 1.30 bits per heavy atom. The predicted octanol–water partition coefficient (Wildman–Crippen LogP) is 0.941. The van der Waals surface area contributed by atoms with Gasteiger partial charge in [-0.15, -0.1) is 0 Å². The summed E-state index contributed by atoms with van der Waals surface area (Å²) >= 11 is 0. The number of esters is 3. The lowest BCUT2D eigenvalue weighted by Crippen LogP contribution is -2.14. The van der Waals surface area contributed by atoms with Crippen LogP contribution >= 0.6 is 13.5 Å². The summed E-state index contributed by atoms with van der Waals surface area (Å²) in [7, 11) is 3.85. The van der Waals surface area contributed by atoms with Crippen molar-refractivity contribution in [2.75, 3.05) is 41.1 Å². The molecule has 0 aromatic rings. The number of methoxy groups -OCH3 is 3. The SMILES string of the molecule is C.CCC.COC(=O)CC=CCO.COC(=O)CN.COC(=O)CO.N.S.[HH]. The molecule has 0 atom stereocenters. The first-order chi connectivity index (χ1) is 11.3. The van der Waals surface area contributed by atoms with Gasteiger partial charge < -0.3 is 36.3 Å². The molecule has 0 amide bonds. The van der Waals surface area contributed by atoms with Gasteiger partial charge in [-0.2, -0.15) is 13.5 Å². The van der Waals surface area contributed by atoms with Gasteiger partial charge in [0.05, 0.1) is 40.9 Å². The van der Waals surface area contributed by atoms with Gasteiger partial charge in [0, 0.05) is 1.43 Å². The van der Waals surface area contributed by atoms with E-state index in [2.05, 4.69) is 28.1 Å². The minimum absolute atomic E-state index is 0. The molecular weight excluding hydrogens is 380 g/mol. The first-order valence-corrected chi connectivity index (χ1v) is 7.11. The summed E-state index contributed by atoms with van der Waals surface area (Å²) in [6.07, 6.45) is 4.54. The third kappa shape index (κ3) is 68.3. The Balaban J connectivity index is -0.0000000319. The van der Waals surface area contributed by atoms with Crippen LogP contribution in [0.3, 0.4) is 0 Å². The topological polar surface area (TPSA) is 180 Å². The zero-order chi connectivity index (χ0) is 19.8. The normalized spacial score (nSPS) is 7.41. The lowest BCUT2D eigenvalue weighted by atomic mass is 10.4. The van der Waals surface area contributed by atoms with Gasteiger partial charge in [0.2, 0.25) is 0 Å². The van der Waals surface area contributed by atoms with Crippen LogP contribution in [-0.2, 0) is 28.6 Å². The molecule has 0 aliphatic heterocycles. The highest BCUT2D eigenvalue weighted by atomic mass is 32.1. The molecule has 0 fully saturated rings. The molecule has 0 aromatic heterocycles. The van der Waals surface area contributed by atoms with Crippen molar-refractivity contribution in [1.29, 1.82) is 0 Å². The number of carbonyl (C=O) groups is 3. The minimum atomic E-state index is -0.602. The second kappa shape index (κ2) is 44.1. The molecule has 0 unspecified atom stereocenters. The molecule has 11 heteroatoms. The van der Waals surface area contributed by atoms with Gasteiger partial charge in [-0.05, 0) is 0 Å². The van der Waals surface area contributed by atoms with Crippen LogP contribution in [0.25, 0.3) is 0 Å². The highest BCUT2D eigenvalue weighted by Crippen LogP contribution is 1.84. The molecule has 0 radical (unpaired) electrons. The molecule has 170 valence electrons. The number of hydrogen-bond acceptors (Lipinski definition) is 10. The molecule has 0 spiro atoms. The van der Waals surface area contributed by atoms with E-state index in [4.69, 9.17) is 15.9 Å². The van der Waals surface area contributed by atoms with Gasteiger partial charge in [0.15, 0.2) is 0 Å². The maximum absolute atomic E-state index is 10.3. The average Bonchev–Trinajstić information content (AvgIpc) is 2.61. The smallest absolute Gasteiger partial charge is 0.331 e. The van der Waals surface area contributed by atoms with Crippen LogP contribution in [-0.4, -0.2) is 69.2 Å². The molecule has 7 N–H and O–H groups in total. The quantitative estimate of drug-likeness (QED) is 0.283. The Morgan fingerprint density at radius 3 is 1.44 bits per heavy atom. The highest BCUT2D eigenvalue weighted by molar-refractivity contribution is 7.59. The van der Waals surface area contributed by atoms with Crippen LogP contribution in [0.15, 0.2) is 12.2 Å². The Kier molecular flexibility index (Phi) is 72.9. The summed E-state index contributed by atoms with van der Waals surface area (Å²) in [5.41, 5.74) is 4.81. The van der Waals surface area contributed by atoms with Crippen molar-refractivity contribution >= 4 is 31.4 Å². The van der Waals surface area contributed by atoms with Crippen molar-refractivity contribution in [2.45, 2.75) is 34.1 Å². The van der Waals surface area contributed by atoms with Gasteiger partial charge in [-0.3, -0.25) is 9.59 Å². The van der Waals surface area contributed by atoms with Crippen molar-refractivity contribution in [1.82, 2.24) is 6.15 Å². The molecular formula is C16H42N2O8S. The van der Waals surface area contributed by atoms with Gasteiger partial charge >= 0.3 is 17.9 Å². The minimum Gasteiger partial charge on any atom is -0.469 e. The maximum Gasteiger partial charge on any atom is 0.331 e. The number of carbonyl (C=O) groups excluding carboxylic acids is 3. The van der Waals surface area contributed by atoms with E-state index < -0.39 is 12.6 Å². The molecule has 0 aliphatic rings. The van der Waals surface area contributed by atoms with E-state index in [1.807, 2.05) is 0 Å². The lowest BCUT2D eigenvalue weighted by Gasteiger charge is -1.90. The van der Waals surface area contributed by atoms with Crippen molar-refractivity contribution in [3.63, 3.8) is 0 Å². The molecule has 0 aliphatic carbocycles. The monoisotopic (exact) mass is 422 g/mol. The fourth-order valence-corrected chi connectivity index (χ4v) is 0.485. The number of rotatable bonds is 5. The van der Waals surface area contributed by atoms with Crippen molar-refractivity contribution in [3.8, 4) is 0 Å². The maximum atomic E-state index is 10.3. The fourth-order valence-electron chi connectivity index (χ4n) is 0.485. The second-order valence-corrected chi connectivity index (χ2v) is 3.66. The number of aliphatic hydroxyl groups excluding tert-OH is 2. The van der Waals surface area contributed by atoms with Crippen LogP contribution in [0.4, 0.5) is 0 Å². The average molecular weight is 423 g/mol. The summed E-state index contributed by atoms with van der Waals surface area (Å²) < 4.78 is 12.5. The van der Waals surface area contributed by atoms with E-state index in [0.29, 0.717) is 0 Å². The largest absolute Gasteiger partial charge is 0.469 e. The van der Waals surface area contributed by atoms with E-state index in [1.165, 1.54) is 33.8 Å².